The second-order valence-electron chi connectivity index (χ2n) is 7.15. The van der Waals surface area contributed by atoms with Crippen molar-refractivity contribution in [3.63, 3.8) is 0 Å². The first-order valence-corrected chi connectivity index (χ1v) is 11.2. The van der Waals surface area contributed by atoms with Crippen LogP contribution >= 0.6 is 23.4 Å². The minimum absolute atomic E-state index is 0.117. The summed E-state index contributed by atoms with van der Waals surface area (Å²) in [6.07, 6.45) is 0. The summed E-state index contributed by atoms with van der Waals surface area (Å²) in [5.74, 6) is 0.803. The van der Waals surface area contributed by atoms with Gasteiger partial charge in [-0.1, -0.05) is 41.1 Å². The molecule has 2 amide bonds. The van der Waals surface area contributed by atoms with E-state index in [-0.39, 0.29) is 23.6 Å². The average molecular weight is 474 g/mol. The van der Waals surface area contributed by atoms with Gasteiger partial charge in [-0.3, -0.25) is 9.59 Å². The van der Waals surface area contributed by atoms with Crippen molar-refractivity contribution in [2.24, 2.45) is 7.05 Å². The van der Waals surface area contributed by atoms with Gasteiger partial charge in [-0.05, 0) is 44.2 Å². The Hall–Kier alpha value is -3.04. The molecule has 1 atom stereocenters. The smallest absolute Gasteiger partial charge is 0.251 e. The predicted molar refractivity (Wildman–Crippen MR) is 125 cm³/mol. The number of nitrogens with zero attached hydrogens (tertiary/aromatic N) is 3. The summed E-state index contributed by atoms with van der Waals surface area (Å²) in [4.78, 5) is 24.9. The van der Waals surface area contributed by atoms with Crippen LogP contribution < -0.4 is 15.4 Å². The number of carbonyl (C=O) groups excluding carboxylic acids is 2. The zero-order chi connectivity index (χ0) is 23.3. The molecule has 3 rings (SSSR count). The van der Waals surface area contributed by atoms with E-state index in [0.29, 0.717) is 33.0 Å². The van der Waals surface area contributed by atoms with Gasteiger partial charge < -0.3 is 19.9 Å². The minimum atomic E-state index is -0.362. The number of amides is 2. The summed E-state index contributed by atoms with van der Waals surface area (Å²) in [7, 11) is 3.32. The molecule has 0 saturated carbocycles. The van der Waals surface area contributed by atoms with Crippen molar-refractivity contribution < 1.29 is 14.3 Å². The molecule has 168 valence electrons. The Morgan fingerprint density at radius 1 is 1.22 bits per heavy atom. The number of anilines is 1. The highest BCUT2D eigenvalue weighted by atomic mass is 35.5. The Bertz CT molecular complexity index is 1130. The third-order valence-electron chi connectivity index (χ3n) is 4.65. The Morgan fingerprint density at radius 3 is 2.72 bits per heavy atom. The summed E-state index contributed by atoms with van der Waals surface area (Å²) in [6, 6.07) is 12.0. The van der Waals surface area contributed by atoms with Crippen LogP contribution in [0.1, 0.15) is 34.7 Å². The van der Waals surface area contributed by atoms with Crippen LogP contribution in [-0.4, -0.2) is 39.4 Å². The summed E-state index contributed by atoms with van der Waals surface area (Å²) in [5.41, 5.74) is 2.09. The molecule has 1 heterocycles. The summed E-state index contributed by atoms with van der Waals surface area (Å²) < 4.78 is 7.00. The van der Waals surface area contributed by atoms with E-state index >= 15 is 0 Å². The van der Waals surface area contributed by atoms with Crippen LogP contribution in [0.3, 0.4) is 0 Å². The van der Waals surface area contributed by atoms with Gasteiger partial charge in [0, 0.05) is 17.6 Å². The second kappa shape index (κ2) is 10.5. The summed E-state index contributed by atoms with van der Waals surface area (Å²) in [6.45, 7) is 3.77. The van der Waals surface area contributed by atoms with Crippen LogP contribution in [0.5, 0.6) is 5.75 Å². The van der Waals surface area contributed by atoms with E-state index in [1.165, 1.54) is 18.9 Å². The number of nitrogens with one attached hydrogen (secondary N) is 2. The van der Waals surface area contributed by atoms with Gasteiger partial charge in [-0.25, -0.2) is 0 Å². The fourth-order valence-corrected chi connectivity index (χ4v) is 3.94. The number of hydrogen-bond acceptors (Lipinski definition) is 6. The van der Waals surface area contributed by atoms with E-state index in [1.807, 2.05) is 32.0 Å². The molecule has 0 aliphatic rings. The van der Waals surface area contributed by atoms with Gasteiger partial charge in [-0.2, -0.15) is 0 Å². The lowest BCUT2D eigenvalue weighted by Crippen LogP contribution is -2.28. The summed E-state index contributed by atoms with van der Waals surface area (Å²) in [5, 5.41) is 15.1. The number of methoxy groups -OCH3 is 1. The van der Waals surface area contributed by atoms with Crippen molar-refractivity contribution in [1.29, 1.82) is 0 Å². The summed E-state index contributed by atoms with van der Waals surface area (Å²) >= 11 is 7.24. The first-order valence-electron chi connectivity index (χ1n) is 9.81. The van der Waals surface area contributed by atoms with Crippen molar-refractivity contribution in [2.45, 2.75) is 25.0 Å². The van der Waals surface area contributed by atoms with Crippen molar-refractivity contribution >= 4 is 40.9 Å². The third kappa shape index (κ3) is 5.80. The standard InChI is InChI=1S/C22H24ClN5O3S/c1-13-6-5-7-15(10-13)21(30)24-14(2)20-26-27-22(28(20)3)32-12-19(29)25-17-11-16(23)8-9-18(17)31-4/h5-11,14H,12H2,1-4H3,(H,24,30)(H,25,29)/t14-/m1/s1. The number of aryl methyl sites for hydroxylation is 1. The molecule has 0 bridgehead atoms. The molecule has 3 aromatic rings. The Labute approximate surface area is 195 Å². The zero-order valence-corrected chi connectivity index (χ0v) is 19.8. The molecule has 0 aliphatic heterocycles. The average Bonchev–Trinajstić information content (AvgIpc) is 3.13. The molecule has 1 aromatic heterocycles. The molecule has 0 aliphatic carbocycles. The Morgan fingerprint density at radius 2 is 2.00 bits per heavy atom. The van der Waals surface area contributed by atoms with Crippen LogP contribution in [-0.2, 0) is 11.8 Å². The first kappa shape index (κ1) is 23.6. The quantitative estimate of drug-likeness (QED) is 0.480. The lowest BCUT2D eigenvalue weighted by molar-refractivity contribution is -0.113. The molecular weight excluding hydrogens is 450 g/mol. The molecule has 2 N–H and O–H groups in total. The normalized spacial score (nSPS) is 11.7. The number of ether oxygens (including phenoxy) is 1. The van der Waals surface area contributed by atoms with Crippen molar-refractivity contribution in [3.8, 4) is 5.75 Å². The van der Waals surface area contributed by atoms with E-state index < -0.39 is 0 Å². The molecule has 0 radical (unpaired) electrons. The molecule has 0 unspecified atom stereocenters. The van der Waals surface area contributed by atoms with E-state index in [2.05, 4.69) is 20.8 Å². The maximum Gasteiger partial charge on any atom is 0.251 e. The topological polar surface area (TPSA) is 98.1 Å². The fourth-order valence-electron chi connectivity index (χ4n) is 3.05. The molecular formula is C22H24ClN5O3S. The lowest BCUT2D eigenvalue weighted by Gasteiger charge is -2.14. The van der Waals surface area contributed by atoms with Crippen LogP contribution in [0.25, 0.3) is 0 Å². The lowest BCUT2D eigenvalue weighted by atomic mass is 10.1. The molecule has 32 heavy (non-hydrogen) atoms. The second-order valence-corrected chi connectivity index (χ2v) is 8.52. The molecule has 0 saturated heterocycles. The van der Waals surface area contributed by atoms with Crippen LogP contribution in [0.2, 0.25) is 5.02 Å². The van der Waals surface area contributed by atoms with Crippen molar-refractivity contribution in [2.75, 3.05) is 18.2 Å². The largest absolute Gasteiger partial charge is 0.495 e. The number of thioether (sulfide) groups is 1. The Kier molecular flexibility index (Phi) is 7.76. The van der Waals surface area contributed by atoms with Gasteiger partial charge in [0.2, 0.25) is 5.91 Å². The monoisotopic (exact) mass is 473 g/mol. The molecule has 0 fully saturated rings. The number of halogens is 1. The molecule has 2 aromatic carbocycles. The van der Waals surface area contributed by atoms with Gasteiger partial charge >= 0.3 is 0 Å². The number of hydrogen-bond donors (Lipinski definition) is 2. The van der Waals surface area contributed by atoms with Crippen molar-refractivity contribution in [3.05, 3.63) is 64.4 Å². The van der Waals surface area contributed by atoms with Gasteiger partial charge in [0.05, 0.1) is 24.6 Å². The van der Waals surface area contributed by atoms with Crippen LogP contribution in [0.15, 0.2) is 47.6 Å². The molecule has 10 heteroatoms. The maximum atomic E-state index is 12.5. The fraction of sp³-hybridized carbons (Fsp3) is 0.273. The van der Waals surface area contributed by atoms with Gasteiger partial charge in [-0.15, -0.1) is 10.2 Å². The minimum Gasteiger partial charge on any atom is -0.495 e. The van der Waals surface area contributed by atoms with Crippen LogP contribution in [0.4, 0.5) is 5.69 Å². The van der Waals surface area contributed by atoms with Gasteiger partial charge in [0.15, 0.2) is 11.0 Å². The number of carbonyl (C=O) groups is 2. The number of benzene rings is 2. The Balaban J connectivity index is 1.60. The van der Waals surface area contributed by atoms with E-state index in [0.717, 1.165) is 5.56 Å². The molecule has 8 nitrogen and oxygen atoms in total. The van der Waals surface area contributed by atoms with E-state index in [1.54, 1.807) is 35.9 Å². The maximum absolute atomic E-state index is 12.5. The highest BCUT2D eigenvalue weighted by Crippen LogP contribution is 2.28. The van der Waals surface area contributed by atoms with Gasteiger partial charge in [0.1, 0.15) is 5.75 Å². The van der Waals surface area contributed by atoms with Gasteiger partial charge in [0.25, 0.3) is 5.91 Å². The predicted octanol–water partition coefficient (Wildman–Crippen LogP) is 4.01. The molecule has 0 spiro atoms. The zero-order valence-electron chi connectivity index (χ0n) is 18.2. The van der Waals surface area contributed by atoms with E-state index in [4.69, 9.17) is 16.3 Å². The van der Waals surface area contributed by atoms with Crippen molar-refractivity contribution in [1.82, 2.24) is 20.1 Å². The highest BCUT2D eigenvalue weighted by Gasteiger charge is 2.19. The SMILES string of the molecule is COc1ccc(Cl)cc1NC(=O)CSc1nnc([C@@H](C)NC(=O)c2cccc(C)c2)n1C. The van der Waals surface area contributed by atoms with E-state index in [9.17, 15) is 9.59 Å². The number of rotatable bonds is 8. The first-order chi connectivity index (χ1) is 15.3. The van der Waals surface area contributed by atoms with Crippen LogP contribution in [0, 0.1) is 6.92 Å². The number of aromatic nitrogens is 3. The highest BCUT2D eigenvalue weighted by molar-refractivity contribution is 7.99. The third-order valence-corrected chi connectivity index (χ3v) is 5.91.